The SMILES string of the molecule is CSc1nccc(N2CC[C@]3(CCCN(CCO)C3=O)C2)n1. The summed E-state index contributed by atoms with van der Waals surface area (Å²) >= 11 is 1.52. The summed E-state index contributed by atoms with van der Waals surface area (Å²) in [4.78, 5) is 25.6. The summed E-state index contributed by atoms with van der Waals surface area (Å²) < 4.78 is 0. The normalized spacial score (nSPS) is 25.3. The van der Waals surface area contributed by atoms with Gasteiger partial charge < -0.3 is 14.9 Å². The molecule has 1 aromatic rings. The Morgan fingerprint density at radius 3 is 3.05 bits per heavy atom. The summed E-state index contributed by atoms with van der Waals surface area (Å²) in [5, 5.41) is 9.89. The van der Waals surface area contributed by atoms with Crippen molar-refractivity contribution in [2.75, 3.05) is 43.9 Å². The van der Waals surface area contributed by atoms with Crippen LogP contribution in [0.4, 0.5) is 5.82 Å². The van der Waals surface area contributed by atoms with E-state index in [4.69, 9.17) is 5.11 Å². The van der Waals surface area contributed by atoms with Crippen LogP contribution in [0.25, 0.3) is 0 Å². The lowest BCUT2D eigenvalue weighted by Crippen LogP contribution is -2.50. The van der Waals surface area contributed by atoms with Gasteiger partial charge >= 0.3 is 0 Å². The van der Waals surface area contributed by atoms with Crippen LogP contribution in [-0.4, -0.2) is 64.9 Å². The molecule has 0 saturated carbocycles. The van der Waals surface area contributed by atoms with E-state index < -0.39 is 0 Å². The maximum Gasteiger partial charge on any atom is 0.230 e. The van der Waals surface area contributed by atoms with Crippen LogP contribution in [0.15, 0.2) is 17.4 Å². The zero-order chi connectivity index (χ0) is 15.6. The number of rotatable bonds is 4. The van der Waals surface area contributed by atoms with Gasteiger partial charge in [-0.15, -0.1) is 0 Å². The minimum atomic E-state index is -0.294. The maximum atomic E-state index is 12.8. The second-order valence-corrected chi connectivity index (χ2v) is 6.75. The quantitative estimate of drug-likeness (QED) is 0.659. The number of hydrogen-bond donors (Lipinski definition) is 1. The number of piperidine rings is 1. The van der Waals surface area contributed by atoms with Gasteiger partial charge in [0.15, 0.2) is 5.16 Å². The fourth-order valence-electron chi connectivity index (χ4n) is 3.54. The fraction of sp³-hybridized carbons (Fsp3) is 0.667. The first-order valence-corrected chi connectivity index (χ1v) is 8.93. The molecule has 22 heavy (non-hydrogen) atoms. The van der Waals surface area contributed by atoms with Crippen molar-refractivity contribution in [2.45, 2.75) is 24.4 Å². The smallest absolute Gasteiger partial charge is 0.230 e. The third-order valence-electron chi connectivity index (χ3n) is 4.67. The van der Waals surface area contributed by atoms with Gasteiger partial charge in [0, 0.05) is 32.4 Å². The van der Waals surface area contributed by atoms with Crippen LogP contribution >= 0.6 is 11.8 Å². The van der Waals surface area contributed by atoms with Crippen molar-refractivity contribution in [3.8, 4) is 0 Å². The molecule has 120 valence electrons. The van der Waals surface area contributed by atoms with Gasteiger partial charge in [-0.3, -0.25) is 4.79 Å². The van der Waals surface area contributed by atoms with Crippen molar-refractivity contribution in [1.29, 1.82) is 0 Å². The van der Waals surface area contributed by atoms with Crippen molar-refractivity contribution >= 4 is 23.5 Å². The number of amides is 1. The minimum Gasteiger partial charge on any atom is -0.395 e. The van der Waals surface area contributed by atoms with Gasteiger partial charge in [-0.25, -0.2) is 9.97 Å². The van der Waals surface area contributed by atoms with E-state index in [0.29, 0.717) is 6.54 Å². The summed E-state index contributed by atoms with van der Waals surface area (Å²) in [6.07, 6.45) is 6.55. The predicted molar refractivity (Wildman–Crippen MR) is 86.0 cm³/mol. The van der Waals surface area contributed by atoms with Crippen molar-refractivity contribution < 1.29 is 9.90 Å². The van der Waals surface area contributed by atoms with Gasteiger partial charge in [0.25, 0.3) is 0 Å². The number of hydrogen-bond acceptors (Lipinski definition) is 6. The number of β-amino-alcohol motifs (C(OH)–C–C–N with tert-alkyl or cyclic N) is 1. The molecule has 6 nitrogen and oxygen atoms in total. The standard InChI is InChI=1S/C15H22N4O2S/c1-22-14-16-6-3-12(17-14)19-8-5-15(11-19)4-2-7-18(9-10-20)13(15)21/h3,6,20H,2,4-5,7-11H2,1H3/t15-/m1/s1. The molecule has 0 aromatic carbocycles. The molecule has 1 N–H and O–H groups in total. The summed E-state index contributed by atoms with van der Waals surface area (Å²) in [6, 6.07) is 1.91. The lowest BCUT2D eigenvalue weighted by Gasteiger charge is -2.39. The third kappa shape index (κ3) is 2.79. The number of carbonyl (C=O) groups excluding carboxylic acids is 1. The number of aliphatic hydroxyl groups is 1. The molecule has 0 bridgehead atoms. The minimum absolute atomic E-state index is 0.0362. The molecular weight excluding hydrogens is 300 g/mol. The first-order valence-electron chi connectivity index (χ1n) is 7.71. The van der Waals surface area contributed by atoms with Crippen LogP contribution < -0.4 is 4.90 Å². The average Bonchev–Trinajstić information content (AvgIpc) is 2.97. The van der Waals surface area contributed by atoms with E-state index in [0.717, 1.165) is 49.9 Å². The van der Waals surface area contributed by atoms with Crippen LogP contribution in [0, 0.1) is 5.41 Å². The van der Waals surface area contributed by atoms with E-state index in [1.54, 1.807) is 6.20 Å². The number of aromatic nitrogens is 2. The van der Waals surface area contributed by atoms with Crippen LogP contribution in [-0.2, 0) is 4.79 Å². The largest absolute Gasteiger partial charge is 0.395 e. The Kier molecular flexibility index (Phi) is 4.54. The molecule has 3 rings (SSSR count). The third-order valence-corrected chi connectivity index (χ3v) is 5.24. The van der Waals surface area contributed by atoms with E-state index in [1.165, 1.54) is 11.8 Å². The highest BCUT2D eigenvalue weighted by Gasteiger charge is 2.48. The zero-order valence-electron chi connectivity index (χ0n) is 12.9. The van der Waals surface area contributed by atoms with E-state index in [2.05, 4.69) is 14.9 Å². The van der Waals surface area contributed by atoms with Crippen molar-refractivity contribution in [1.82, 2.24) is 14.9 Å². The highest BCUT2D eigenvalue weighted by molar-refractivity contribution is 7.98. The molecule has 2 saturated heterocycles. The lowest BCUT2D eigenvalue weighted by atomic mass is 9.78. The Bertz CT molecular complexity index is 554. The summed E-state index contributed by atoms with van der Waals surface area (Å²) in [5.74, 6) is 1.11. The van der Waals surface area contributed by atoms with Crippen molar-refractivity contribution in [3.63, 3.8) is 0 Å². The van der Waals surface area contributed by atoms with Gasteiger partial charge in [-0.05, 0) is 31.6 Å². The lowest BCUT2D eigenvalue weighted by molar-refractivity contribution is -0.145. The average molecular weight is 322 g/mol. The summed E-state index contributed by atoms with van der Waals surface area (Å²) in [6.45, 7) is 2.83. The molecule has 7 heteroatoms. The molecule has 1 aromatic heterocycles. The fourth-order valence-corrected chi connectivity index (χ4v) is 3.89. The predicted octanol–water partition coefficient (Wildman–Crippen LogP) is 1.01. The van der Waals surface area contributed by atoms with Gasteiger partial charge in [0.2, 0.25) is 5.91 Å². The molecule has 1 spiro atoms. The molecule has 1 atom stereocenters. The Balaban J connectivity index is 1.76. The molecule has 1 amide bonds. The van der Waals surface area contributed by atoms with Gasteiger partial charge in [-0.1, -0.05) is 11.8 Å². The highest BCUT2D eigenvalue weighted by atomic mass is 32.2. The van der Waals surface area contributed by atoms with E-state index >= 15 is 0 Å². The van der Waals surface area contributed by atoms with Crippen LogP contribution in [0.5, 0.6) is 0 Å². The maximum absolute atomic E-state index is 12.8. The Labute approximate surface area is 134 Å². The van der Waals surface area contributed by atoms with Gasteiger partial charge in [0.1, 0.15) is 5.82 Å². The van der Waals surface area contributed by atoms with E-state index in [1.807, 2.05) is 17.2 Å². The number of carbonyl (C=O) groups is 1. The zero-order valence-corrected chi connectivity index (χ0v) is 13.7. The number of thioether (sulfide) groups is 1. The first kappa shape index (κ1) is 15.6. The molecular formula is C15H22N4O2S. The first-order chi connectivity index (χ1) is 10.7. The molecule has 2 fully saturated rings. The second-order valence-electron chi connectivity index (χ2n) is 5.97. The molecule has 2 aliphatic heterocycles. The summed E-state index contributed by atoms with van der Waals surface area (Å²) in [5.41, 5.74) is -0.294. The number of nitrogens with zero attached hydrogens (tertiary/aromatic N) is 4. The molecule has 3 heterocycles. The topological polar surface area (TPSA) is 69.6 Å². The second kappa shape index (κ2) is 6.42. The Morgan fingerprint density at radius 1 is 1.41 bits per heavy atom. The molecule has 0 aliphatic carbocycles. The molecule has 0 radical (unpaired) electrons. The Hall–Kier alpha value is -1.34. The number of likely N-dealkylation sites (tertiary alicyclic amines) is 1. The summed E-state index contributed by atoms with van der Waals surface area (Å²) in [7, 11) is 0. The Morgan fingerprint density at radius 2 is 2.27 bits per heavy atom. The van der Waals surface area contributed by atoms with Crippen molar-refractivity contribution in [3.05, 3.63) is 12.3 Å². The van der Waals surface area contributed by atoms with Crippen LogP contribution in [0.1, 0.15) is 19.3 Å². The molecule has 2 aliphatic rings. The van der Waals surface area contributed by atoms with Gasteiger partial charge in [-0.2, -0.15) is 0 Å². The van der Waals surface area contributed by atoms with E-state index in [9.17, 15) is 4.79 Å². The highest BCUT2D eigenvalue weighted by Crippen LogP contribution is 2.41. The van der Waals surface area contributed by atoms with Crippen LogP contribution in [0.2, 0.25) is 0 Å². The van der Waals surface area contributed by atoms with Gasteiger partial charge in [0.05, 0.1) is 12.0 Å². The monoisotopic (exact) mass is 322 g/mol. The van der Waals surface area contributed by atoms with E-state index in [-0.39, 0.29) is 17.9 Å². The van der Waals surface area contributed by atoms with Crippen LogP contribution in [0.3, 0.4) is 0 Å². The molecule has 0 unspecified atom stereocenters. The van der Waals surface area contributed by atoms with Crippen molar-refractivity contribution in [2.24, 2.45) is 5.41 Å². The number of anilines is 1. The number of aliphatic hydroxyl groups excluding tert-OH is 1.